The van der Waals surface area contributed by atoms with Gasteiger partial charge in [0.25, 0.3) is 0 Å². The molecule has 1 amide bonds. The fourth-order valence-corrected chi connectivity index (χ4v) is 3.60. The van der Waals surface area contributed by atoms with Crippen molar-refractivity contribution in [2.75, 3.05) is 13.1 Å². The highest BCUT2D eigenvalue weighted by Crippen LogP contribution is 2.40. The molecule has 1 fully saturated rings. The van der Waals surface area contributed by atoms with Crippen LogP contribution >= 0.6 is 0 Å². The van der Waals surface area contributed by atoms with Crippen molar-refractivity contribution in [3.8, 4) is 0 Å². The maximum absolute atomic E-state index is 11.3. The Morgan fingerprint density at radius 2 is 2.11 bits per heavy atom. The Morgan fingerprint density at radius 3 is 2.94 bits per heavy atom. The molecule has 4 atom stereocenters. The fourth-order valence-electron chi connectivity index (χ4n) is 3.60. The molecule has 0 aromatic rings. The zero-order chi connectivity index (χ0) is 12.5. The van der Waals surface area contributed by atoms with Crippen LogP contribution in [-0.4, -0.2) is 19.0 Å². The number of rotatable bonds is 1. The lowest BCUT2D eigenvalue weighted by atomic mass is 9.70. The van der Waals surface area contributed by atoms with E-state index >= 15 is 0 Å². The number of hydrogen-bond acceptors (Lipinski definition) is 2. The largest absolute Gasteiger partial charge is 0.366 e. The van der Waals surface area contributed by atoms with Gasteiger partial charge in [0.05, 0.1) is 0 Å². The maximum atomic E-state index is 11.3. The summed E-state index contributed by atoms with van der Waals surface area (Å²) in [5.74, 6) is 2.00. The molecule has 0 spiro atoms. The monoisotopic (exact) mass is 244 g/mol. The molecule has 0 radical (unpaired) electrons. The van der Waals surface area contributed by atoms with Gasteiger partial charge >= 0.3 is 0 Å². The highest BCUT2D eigenvalue weighted by molar-refractivity contribution is 5.95. The van der Waals surface area contributed by atoms with Gasteiger partial charge in [0.1, 0.15) is 0 Å². The van der Waals surface area contributed by atoms with E-state index in [-0.39, 0.29) is 5.91 Å². The number of fused-ring (bicyclic) bond motifs is 3. The van der Waals surface area contributed by atoms with Gasteiger partial charge in [0.2, 0.25) is 5.91 Å². The molecule has 3 heteroatoms. The van der Waals surface area contributed by atoms with Gasteiger partial charge in [0, 0.05) is 18.7 Å². The van der Waals surface area contributed by atoms with Crippen LogP contribution in [0.1, 0.15) is 12.8 Å². The Labute approximate surface area is 108 Å². The molecule has 0 bridgehead atoms. The van der Waals surface area contributed by atoms with E-state index in [1.165, 1.54) is 12.8 Å². The third kappa shape index (κ3) is 2.03. The molecule has 3 aliphatic rings. The third-order valence-corrected chi connectivity index (χ3v) is 4.52. The van der Waals surface area contributed by atoms with Crippen LogP contribution in [0.25, 0.3) is 0 Å². The van der Waals surface area contributed by atoms with Gasteiger partial charge in [-0.15, -0.1) is 0 Å². The molecule has 3 rings (SSSR count). The van der Waals surface area contributed by atoms with E-state index < -0.39 is 0 Å². The summed E-state index contributed by atoms with van der Waals surface area (Å²) < 4.78 is 0. The zero-order valence-corrected chi connectivity index (χ0v) is 10.5. The lowest BCUT2D eigenvalue weighted by molar-refractivity contribution is -0.114. The Morgan fingerprint density at radius 1 is 1.28 bits per heavy atom. The van der Waals surface area contributed by atoms with Gasteiger partial charge in [-0.05, 0) is 36.5 Å². The van der Waals surface area contributed by atoms with Crippen LogP contribution in [0.4, 0.5) is 0 Å². The minimum absolute atomic E-state index is 0.311. The number of hydrogen-bond donors (Lipinski definition) is 2. The number of allylic oxidation sites excluding steroid dienone is 2. The van der Waals surface area contributed by atoms with Crippen molar-refractivity contribution >= 4 is 5.91 Å². The molecule has 96 valence electrons. The molecule has 1 aliphatic heterocycles. The Bertz CT molecular complexity index is 436. The molecule has 0 aromatic heterocycles. The standard InChI is InChI=1S/C15H20N2O/c16-15(18)10-5-6-14-12(7-10)9-17-8-11-3-1-2-4-13(11)14/h1,3,5-7,11-14,17H,2,4,8-9H2,(H2,16,18). The summed E-state index contributed by atoms with van der Waals surface area (Å²) in [4.78, 5) is 11.3. The first-order chi connectivity index (χ1) is 8.75. The minimum Gasteiger partial charge on any atom is -0.366 e. The van der Waals surface area contributed by atoms with Crippen molar-refractivity contribution in [1.29, 1.82) is 0 Å². The van der Waals surface area contributed by atoms with Crippen molar-refractivity contribution in [3.05, 3.63) is 36.0 Å². The van der Waals surface area contributed by atoms with Crippen LogP contribution in [0.2, 0.25) is 0 Å². The summed E-state index contributed by atoms with van der Waals surface area (Å²) in [6.45, 7) is 2.01. The van der Waals surface area contributed by atoms with Gasteiger partial charge in [-0.2, -0.15) is 0 Å². The first-order valence-corrected chi connectivity index (χ1v) is 6.83. The summed E-state index contributed by atoms with van der Waals surface area (Å²) >= 11 is 0. The van der Waals surface area contributed by atoms with Crippen LogP contribution in [0, 0.1) is 23.7 Å². The first-order valence-electron chi connectivity index (χ1n) is 6.83. The lowest BCUT2D eigenvalue weighted by Gasteiger charge is -2.34. The van der Waals surface area contributed by atoms with E-state index in [0.29, 0.717) is 29.2 Å². The summed E-state index contributed by atoms with van der Waals surface area (Å²) in [6.07, 6.45) is 13.3. The molecule has 4 unspecified atom stereocenters. The quantitative estimate of drug-likeness (QED) is 0.685. The Hall–Kier alpha value is -1.35. The van der Waals surface area contributed by atoms with Gasteiger partial charge in [-0.25, -0.2) is 0 Å². The number of primary amides is 1. The average Bonchev–Trinajstić information content (AvgIpc) is 2.57. The van der Waals surface area contributed by atoms with Crippen molar-refractivity contribution in [3.63, 3.8) is 0 Å². The topological polar surface area (TPSA) is 55.1 Å². The Kier molecular flexibility index (Phi) is 3.08. The molecule has 0 saturated carbocycles. The molecule has 1 heterocycles. The summed E-state index contributed by atoms with van der Waals surface area (Å²) in [7, 11) is 0. The molecule has 18 heavy (non-hydrogen) atoms. The van der Waals surface area contributed by atoms with E-state index in [2.05, 4.69) is 29.6 Å². The van der Waals surface area contributed by atoms with E-state index in [1.807, 2.05) is 6.08 Å². The van der Waals surface area contributed by atoms with Crippen molar-refractivity contribution < 1.29 is 4.79 Å². The number of nitrogens with one attached hydrogen (secondary N) is 1. The number of carbonyl (C=O) groups is 1. The van der Waals surface area contributed by atoms with E-state index in [4.69, 9.17) is 5.73 Å². The lowest BCUT2D eigenvalue weighted by Crippen LogP contribution is -2.30. The van der Waals surface area contributed by atoms with Crippen LogP contribution in [0.15, 0.2) is 36.0 Å². The number of nitrogens with two attached hydrogens (primary N) is 1. The molecular weight excluding hydrogens is 224 g/mol. The van der Waals surface area contributed by atoms with Gasteiger partial charge < -0.3 is 11.1 Å². The third-order valence-electron chi connectivity index (χ3n) is 4.52. The van der Waals surface area contributed by atoms with Crippen LogP contribution < -0.4 is 11.1 Å². The predicted octanol–water partition coefficient (Wildman–Crippen LogP) is 1.39. The maximum Gasteiger partial charge on any atom is 0.248 e. The second kappa shape index (κ2) is 4.73. The van der Waals surface area contributed by atoms with Gasteiger partial charge in [0.15, 0.2) is 0 Å². The highest BCUT2D eigenvalue weighted by atomic mass is 16.1. The minimum atomic E-state index is -0.311. The van der Waals surface area contributed by atoms with E-state index in [1.54, 1.807) is 0 Å². The second-order valence-corrected chi connectivity index (χ2v) is 5.58. The first kappa shape index (κ1) is 11.7. The zero-order valence-electron chi connectivity index (χ0n) is 10.5. The molecule has 3 N–H and O–H groups in total. The Balaban J connectivity index is 1.87. The van der Waals surface area contributed by atoms with Crippen molar-refractivity contribution in [2.45, 2.75) is 12.8 Å². The predicted molar refractivity (Wildman–Crippen MR) is 71.6 cm³/mol. The molecule has 0 aromatic carbocycles. The molecule has 1 saturated heterocycles. The highest BCUT2D eigenvalue weighted by Gasteiger charge is 2.36. The van der Waals surface area contributed by atoms with Gasteiger partial charge in [-0.3, -0.25) is 4.79 Å². The summed E-state index contributed by atoms with van der Waals surface area (Å²) in [5, 5.41) is 3.52. The molecular formula is C15H20N2O. The normalized spacial score (nSPS) is 38.3. The van der Waals surface area contributed by atoms with Crippen LogP contribution in [0.3, 0.4) is 0 Å². The van der Waals surface area contributed by atoms with E-state index in [9.17, 15) is 4.79 Å². The average molecular weight is 244 g/mol. The van der Waals surface area contributed by atoms with Crippen molar-refractivity contribution in [1.82, 2.24) is 5.32 Å². The van der Waals surface area contributed by atoms with Crippen LogP contribution in [-0.2, 0) is 4.79 Å². The second-order valence-electron chi connectivity index (χ2n) is 5.58. The van der Waals surface area contributed by atoms with Crippen LogP contribution in [0.5, 0.6) is 0 Å². The van der Waals surface area contributed by atoms with Crippen molar-refractivity contribution in [2.24, 2.45) is 29.4 Å². The smallest absolute Gasteiger partial charge is 0.248 e. The molecule has 2 aliphatic carbocycles. The summed E-state index contributed by atoms with van der Waals surface area (Å²) in [6, 6.07) is 0. The fraction of sp³-hybridized carbons (Fsp3) is 0.533. The number of carbonyl (C=O) groups excluding carboxylic acids is 1. The van der Waals surface area contributed by atoms with E-state index in [0.717, 1.165) is 13.1 Å². The molecule has 3 nitrogen and oxygen atoms in total. The number of amides is 1. The SMILES string of the molecule is NC(=O)C1=CC2CNCC3C=CCCC3C2C=C1. The van der Waals surface area contributed by atoms with Gasteiger partial charge in [-0.1, -0.05) is 30.4 Å². The summed E-state index contributed by atoms with van der Waals surface area (Å²) in [5.41, 5.74) is 6.04.